The van der Waals surface area contributed by atoms with E-state index >= 15 is 0 Å². The molecule has 0 aliphatic heterocycles. The Bertz CT molecular complexity index is 352. The summed E-state index contributed by atoms with van der Waals surface area (Å²) in [4.78, 5) is 3.39. The minimum atomic E-state index is 1.03. The van der Waals surface area contributed by atoms with E-state index in [4.69, 9.17) is 0 Å². The highest BCUT2D eigenvalue weighted by molar-refractivity contribution is 5.12. The first-order valence-corrected chi connectivity index (χ1v) is 3.80. The Morgan fingerprint density at radius 2 is 2.08 bits per heavy atom. The third-order valence-corrected chi connectivity index (χ3v) is 1.83. The lowest BCUT2D eigenvalue weighted by molar-refractivity contribution is 0.504. The summed E-state index contributed by atoms with van der Waals surface area (Å²) in [5.74, 6) is 0. The zero-order chi connectivity index (χ0) is 8.55. The number of aryl methyl sites for hydroxylation is 2. The molecule has 0 aromatic carbocycles. The predicted octanol–water partition coefficient (Wildman–Crippen LogP) is 1.01. The quantitative estimate of drug-likeness (QED) is 0.627. The second kappa shape index (κ2) is 2.48. The molecule has 0 bridgehead atoms. The van der Waals surface area contributed by atoms with E-state index < -0.39 is 0 Å². The van der Waals surface area contributed by atoms with Gasteiger partial charge >= 0.3 is 0 Å². The van der Waals surface area contributed by atoms with Crippen LogP contribution in [0.1, 0.15) is 11.3 Å². The van der Waals surface area contributed by atoms with Crippen LogP contribution in [0.2, 0.25) is 0 Å². The predicted molar refractivity (Wildman–Crippen MR) is 44.7 cm³/mol. The first-order chi connectivity index (χ1) is 5.77. The fourth-order valence-corrected chi connectivity index (χ4v) is 1.01. The summed E-state index contributed by atoms with van der Waals surface area (Å²) < 4.78 is 0. The van der Waals surface area contributed by atoms with Gasteiger partial charge in [0.05, 0.1) is 24.3 Å². The maximum Gasteiger partial charge on any atom is 0.0644 e. The summed E-state index contributed by atoms with van der Waals surface area (Å²) in [6.07, 6.45) is 5.53. The molecule has 0 unspecified atom stereocenters. The molecule has 2 aromatic heterocycles. The van der Waals surface area contributed by atoms with Gasteiger partial charge in [0.25, 0.3) is 0 Å². The number of hydrogen-bond donors (Lipinski definition) is 0. The molecule has 0 aliphatic carbocycles. The molecule has 0 amide bonds. The summed E-state index contributed by atoms with van der Waals surface area (Å²) in [5.41, 5.74) is 2.20. The van der Waals surface area contributed by atoms with E-state index in [-0.39, 0.29) is 0 Å². The third kappa shape index (κ3) is 1.01. The van der Waals surface area contributed by atoms with Gasteiger partial charge in [-0.25, -0.2) is 0 Å². The Hall–Kier alpha value is -1.58. The standard InChI is InChI=1S/C8H10N4/c1-7-6-12(10-8(7)2)11-5-3-4-9-11/h3-6H,1-2H3. The highest BCUT2D eigenvalue weighted by Gasteiger charge is 1.99. The van der Waals surface area contributed by atoms with Crippen molar-refractivity contribution in [3.8, 4) is 0 Å². The average Bonchev–Trinajstić information content (AvgIpc) is 2.61. The van der Waals surface area contributed by atoms with Crippen molar-refractivity contribution in [1.82, 2.24) is 19.8 Å². The van der Waals surface area contributed by atoms with Gasteiger partial charge in [0.1, 0.15) is 0 Å². The van der Waals surface area contributed by atoms with Crippen molar-refractivity contribution in [1.29, 1.82) is 0 Å². The molecule has 0 saturated carbocycles. The molecule has 0 saturated heterocycles. The van der Waals surface area contributed by atoms with Crippen LogP contribution in [0.15, 0.2) is 24.7 Å². The lowest BCUT2D eigenvalue weighted by Gasteiger charge is -1.97. The van der Waals surface area contributed by atoms with Crippen LogP contribution in [-0.2, 0) is 0 Å². The Kier molecular flexibility index (Phi) is 1.46. The van der Waals surface area contributed by atoms with Crippen LogP contribution in [0, 0.1) is 13.8 Å². The molecule has 2 heterocycles. The van der Waals surface area contributed by atoms with Gasteiger partial charge in [-0.1, -0.05) is 0 Å². The first kappa shape index (κ1) is 7.09. The zero-order valence-electron chi connectivity index (χ0n) is 7.10. The van der Waals surface area contributed by atoms with E-state index in [1.165, 1.54) is 5.56 Å². The maximum absolute atomic E-state index is 4.27. The summed E-state index contributed by atoms with van der Waals surface area (Å²) in [7, 11) is 0. The number of rotatable bonds is 1. The number of nitrogens with zero attached hydrogens (tertiary/aromatic N) is 4. The summed E-state index contributed by atoms with van der Waals surface area (Å²) in [6, 6.07) is 1.87. The minimum absolute atomic E-state index is 1.03. The molecule has 0 N–H and O–H groups in total. The van der Waals surface area contributed by atoms with Crippen molar-refractivity contribution in [3.05, 3.63) is 35.9 Å². The van der Waals surface area contributed by atoms with E-state index in [0.717, 1.165) is 5.69 Å². The van der Waals surface area contributed by atoms with E-state index in [1.807, 2.05) is 32.3 Å². The van der Waals surface area contributed by atoms with Gasteiger partial charge in [0.15, 0.2) is 0 Å². The second-order valence-electron chi connectivity index (χ2n) is 2.74. The highest BCUT2D eigenvalue weighted by Crippen LogP contribution is 2.02. The molecule has 62 valence electrons. The molecule has 4 heteroatoms. The lowest BCUT2D eigenvalue weighted by atomic mass is 10.3. The van der Waals surface area contributed by atoms with E-state index in [2.05, 4.69) is 10.2 Å². The second-order valence-corrected chi connectivity index (χ2v) is 2.74. The Balaban J connectivity index is 2.48. The topological polar surface area (TPSA) is 35.6 Å². The number of hydrogen-bond acceptors (Lipinski definition) is 2. The van der Waals surface area contributed by atoms with Crippen LogP contribution < -0.4 is 0 Å². The summed E-state index contributed by atoms with van der Waals surface area (Å²) in [5, 5.41) is 8.33. The van der Waals surface area contributed by atoms with Crippen LogP contribution in [0.4, 0.5) is 0 Å². The van der Waals surface area contributed by atoms with Gasteiger partial charge in [-0.15, -0.1) is 0 Å². The van der Waals surface area contributed by atoms with Crippen LogP contribution in [0.5, 0.6) is 0 Å². The molecule has 2 rings (SSSR count). The van der Waals surface area contributed by atoms with Crippen LogP contribution >= 0.6 is 0 Å². The van der Waals surface area contributed by atoms with Crippen molar-refractivity contribution in [2.24, 2.45) is 0 Å². The van der Waals surface area contributed by atoms with E-state index in [0.29, 0.717) is 0 Å². The molecule has 0 aliphatic rings. The molecule has 0 atom stereocenters. The van der Waals surface area contributed by atoms with Crippen LogP contribution in [-0.4, -0.2) is 19.8 Å². The Morgan fingerprint density at radius 3 is 2.58 bits per heavy atom. The summed E-state index contributed by atoms with van der Waals surface area (Å²) >= 11 is 0. The molecule has 2 aromatic rings. The Morgan fingerprint density at radius 1 is 1.25 bits per heavy atom. The van der Waals surface area contributed by atoms with Gasteiger partial charge in [-0.3, -0.25) is 0 Å². The van der Waals surface area contributed by atoms with Crippen LogP contribution in [0.25, 0.3) is 0 Å². The van der Waals surface area contributed by atoms with Gasteiger partial charge in [0.2, 0.25) is 0 Å². The molecule has 0 radical (unpaired) electrons. The molecule has 0 fully saturated rings. The fourth-order valence-electron chi connectivity index (χ4n) is 1.01. The van der Waals surface area contributed by atoms with Gasteiger partial charge in [0, 0.05) is 0 Å². The molecular weight excluding hydrogens is 152 g/mol. The zero-order valence-corrected chi connectivity index (χ0v) is 7.10. The molecule has 12 heavy (non-hydrogen) atoms. The molecule has 4 nitrogen and oxygen atoms in total. The smallest absolute Gasteiger partial charge is 0.0644 e. The third-order valence-electron chi connectivity index (χ3n) is 1.83. The highest BCUT2D eigenvalue weighted by atomic mass is 15.7. The van der Waals surface area contributed by atoms with Crippen molar-refractivity contribution >= 4 is 0 Å². The van der Waals surface area contributed by atoms with Gasteiger partial charge < -0.3 is 0 Å². The van der Waals surface area contributed by atoms with E-state index in [9.17, 15) is 0 Å². The first-order valence-electron chi connectivity index (χ1n) is 3.80. The SMILES string of the molecule is Cc1cn(-n2cccn2)nc1C. The molecule has 0 spiro atoms. The van der Waals surface area contributed by atoms with Crippen LogP contribution in [0.3, 0.4) is 0 Å². The van der Waals surface area contributed by atoms with Crippen molar-refractivity contribution in [2.45, 2.75) is 13.8 Å². The lowest BCUT2D eigenvalue weighted by Crippen LogP contribution is -2.09. The summed E-state index contributed by atoms with van der Waals surface area (Å²) in [6.45, 7) is 4.01. The Labute approximate surface area is 70.4 Å². The van der Waals surface area contributed by atoms with Crippen molar-refractivity contribution in [3.63, 3.8) is 0 Å². The van der Waals surface area contributed by atoms with Crippen molar-refractivity contribution in [2.75, 3.05) is 0 Å². The van der Waals surface area contributed by atoms with Gasteiger partial charge in [-0.2, -0.15) is 19.8 Å². The van der Waals surface area contributed by atoms with Crippen molar-refractivity contribution < 1.29 is 0 Å². The largest absolute Gasteiger partial charge is 0.159 e. The fraction of sp³-hybridized carbons (Fsp3) is 0.250. The maximum atomic E-state index is 4.27. The normalized spacial score (nSPS) is 10.5. The average molecular weight is 162 g/mol. The number of aromatic nitrogens is 4. The van der Waals surface area contributed by atoms with Gasteiger partial charge in [-0.05, 0) is 25.5 Å². The monoisotopic (exact) mass is 162 g/mol. The van der Waals surface area contributed by atoms with E-state index in [1.54, 1.807) is 15.8 Å². The minimum Gasteiger partial charge on any atom is -0.159 e. The molecular formula is C8H10N4.